The third-order valence-electron chi connectivity index (χ3n) is 3.57. The molecule has 3 atom stereocenters. The summed E-state index contributed by atoms with van der Waals surface area (Å²) in [5, 5.41) is 32.9. The highest BCUT2D eigenvalue weighted by molar-refractivity contribution is 5.95. The van der Waals surface area contributed by atoms with E-state index in [2.05, 4.69) is 20.6 Å². The highest BCUT2D eigenvalue weighted by atomic mass is 16.4. The number of aromatic nitrogens is 2. The summed E-state index contributed by atoms with van der Waals surface area (Å²) in [6, 6.07) is -4.25. The van der Waals surface area contributed by atoms with Crippen LogP contribution in [0.4, 0.5) is 0 Å². The minimum absolute atomic E-state index is 0.0457. The van der Waals surface area contributed by atoms with Crippen LogP contribution in [0, 0.1) is 0 Å². The summed E-state index contributed by atoms with van der Waals surface area (Å²) < 4.78 is 0. The molecule has 0 saturated heterocycles. The van der Waals surface area contributed by atoms with E-state index in [9.17, 15) is 29.1 Å². The molecule has 0 aliphatic carbocycles. The fourth-order valence-electron chi connectivity index (χ4n) is 2.14. The molecule has 0 radical (unpaired) electrons. The van der Waals surface area contributed by atoms with E-state index in [1.54, 1.807) is 0 Å². The lowest BCUT2D eigenvalue weighted by Crippen LogP contribution is -2.57. The van der Waals surface area contributed by atoms with Crippen molar-refractivity contribution in [1.29, 1.82) is 0 Å². The van der Waals surface area contributed by atoms with Crippen molar-refractivity contribution in [3.63, 3.8) is 0 Å². The molecule has 1 rings (SSSR count). The average Bonchev–Trinajstić information content (AvgIpc) is 3.15. The number of aliphatic carboxylic acids is 2. The van der Waals surface area contributed by atoms with Crippen molar-refractivity contribution in [1.82, 2.24) is 25.9 Å². The van der Waals surface area contributed by atoms with E-state index in [4.69, 9.17) is 15.9 Å². The lowest BCUT2D eigenvalue weighted by molar-refractivity contribution is -0.141. The number of hydrogen-bond acceptors (Lipinski definition) is 8. The molecule has 1 aromatic heterocycles. The Hall–Kier alpha value is -3.52. The van der Waals surface area contributed by atoms with E-state index in [0.29, 0.717) is 5.69 Å². The van der Waals surface area contributed by atoms with Crippen molar-refractivity contribution in [3.8, 4) is 0 Å². The third-order valence-corrected chi connectivity index (χ3v) is 3.57. The number of carbonyl (C=O) groups excluding carboxylic acids is 3. The fourth-order valence-corrected chi connectivity index (χ4v) is 2.14. The Morgan fingerprint density at radius 2 is 1.69 bits per heavy atom. The Bertz CT molecular complexity index is 737. The van der Waals surface area contributed by atoms with Gasteiger partial charge in [0.25, 0.3) is 0 Å². The van der Waals surface area contributed by atoms with Crippen LogP contribution in [0.25, 0.3) is 0 Å². The number of carbonyl (C=O) groups is 5. The van der Waals surface area contributed by atoms with E-state index in [1.165, 1.54) is 12.5 Å². The molecule has 3 unspecified atom stereocenters. The Morgan fingerprint density at radius 1 is 1.03 bits per heavy atom. The van der Waals surface area contributed by atoms with Crippen molar-refractivity contribution < 1.29 is 39.3 Å². The predicted octanol–water partition coefficient (Wildman–Crippen LogP) is -4.08. The van der Waals surface area contributed by atoms with Crippen molar-refractivity contribution >= 4 is 29.7 Å². The van der Waals surface area contributed by atoms with Crippen molar-refractivity contribution in [3.05, 3.63) is 18.2 Å². The lowest BCUT2D eigenvalue weighted by atomic mass is 10.1. The molecule has 0 aliphatic heterocycles. The second-order valence-electron chi connectivity index (χ2n) is 5.90. The van der Waals surface area contributed by atoms with E-state index >= 15 is 0 Å². The minimum Gasteiger partial charge on any atom is -0.481 e. The SMILES string of the molecule is NC(Cc1cnc[nH]1)C(=O)NC(CC(=O)O)C(=O)NC(CO)C(=O)NCC(=O)O. The van der Waals surface area contributed by atoms with Crippen LogP contribution in [0.3, 0.4) is 0 Å². The first-order valence-electron chi connectivity index (χ1n) is 8.29. The summed E-state index contributed by atoms with van der Waals surface area (Å²) >= 11 is 0. The number of aromatic amines is 1. The molecule has 0 bridgehead atoms. The maximum Gasteiger partial charge on any atom is 0.322 e. The van der Waals surface area contributed by atoms with Gasteiger partial charge in [-0.3, -0.25) is 24.0 Å². The number of nitrogens with two attached hydrogens (primary N) is 1. The summed E-state index contributed by atoms with van der Waals surface area (Å²) in [5.74, 6) is -5.65. The van der Waals surface area contributed by atoms with Gasteiger partial charge in [-0.2, -0.15) is 0 Å². The van der Waals surface area contributed by atoms with E-state index in [-0.39, 0.29) is 6.42 Å². The maximum absolute atomic E-state index is 12.3. The largest absolute Gasteiger partial charge is 0.481 e. The first-order valence-corrected chi connectivity index (χ1v) is 8.29. The zero-order valence-corrected chi connectivity index (χ0v) is 15.1. The number of carboxylic acids is 2. The van der Waals surface area contributed by atoms with E-state index in [0.717, 1.165) is 0 Å². The Balaban J connectivity index is 2.75. The quantitative estimate of drug-likeness (QED) is 0.164. The molecule has 0 saturated carbocycles. The molecule has 14 heteroatoms. The monoisotopic (exact) mass is 414 g/mol. The normalized spacial score (nSPS) is 13.6. The second-order valence-corrected chi connectivity index (χ2v) is 5.90. The minimum atomic E-state index is -1.59. The highest BCUT2D eigenvalue weighted by Crippen LogP contribution is 2.00. The molecule has 14 nitrogen and oxygen atoms in total. The molecule has 0 aromatic carbocycles. The number of carboxylic acid groups (broad SMARTS) is 2. The lowest BCUT2D eigenvalue weighted by Gasteiger charge is -2.22. The molecule has 1 aromatic rings. The van der Waals surface area contributed by atoms with E-state index in [1.807, 2.05) is 5.32 Å². The van der Waals surface area contributed by atoms with Crippen LogP contribution in [-0.4, -0.2) is 86.2 Å². The van der Waals surface area contributed by atoms with Crippen LogP contribution in [0.1, 0.15) is 12.1 Å². The number of nitrogens with one attached hydrogen (secondary N) is 4. The van der Waals surface area contributed by atoms with Crippen molar-refractivity contribution in [2.75, 3.05) is 13.2 Å². The molecule has 9 N–H and O–H groups in total. The van der Waals surface area contributed by atoms with Gasteiger partial charge >= 0.3 is 11.9 Å². The molecule has 3 amide bonds. The van der Waals surface area contributed by atoms with E-state index < -0.39 is 67.4 Å². The Labute approximate surface area is 163 Å². The van der Waals surface area contributed by atoms with Gasteiger partial charge in [-0.25, -0.2) is 4.98 Å². The molecular weight excluding hydrogens is 392 g/mol. The maximum atomic E-state index is 12.3. The number of hydrogen-bond donors (Lipinski definition) is 8. The second kappa shape index (κ2) is 11.4. The molecule has 1 heterocycles. The number of nitrogens with zero attached hydrogens (tertiary/aromatic N) is 1. The van der Waals surface area contributed by atoms with Gasteiger partial charge in [0.1, 0.15) is 18.6 Å². The van der Waals surface area contributed by atoms with Gasteiger partial charge in [-0.15, -0.1) is 0 Å². The van der Waals surface area contributed by atoms with Gasteiger partial charge < -0.3 is 42.0 Å². The Morgan fingerprint density at radius 3 is 2.21 bits per heavy atom. The number of imidazole rings is 1. The molecule has 0 fully saturated rings. The molecule has 0 spiro atoms. The van der Waals surface area contributed by atoms with Crippen LogP contribution in [0.15, 0.2) is 12.5 Å². The van der Waals surface area contributed by atoms with Crippen molar-refractivity contribution in [2.24, 2.45) is 5.73 Å². The van der Waals surface area contributed by atoms with Gasteiger partial charge in [0.05, 0.1) is 25.4 Å². The standard InChI is InChI=1S/C15H22N6O8/c16-8(1-7-3-17-6-19-7)13(27)20-9(2-11(23)24)15(29)21-10(5-22)14(28)18-4-12(25)26/h3,6,8-10,22H,1-2,4-5,16H2,(H,17,19)(H,18,28)(H,20,27)(H,21,29)(H,23,24)(H,25,26). The smallest absolute Gasteiger partial charge is 0.322 e. The van der Waals surface area contributed by atoms with Crippen LogP contribution in [0.5, 0.6) is 0 Å². The van der Waals surface area contributed by atoms with Gasteiger partial charge in [-0.1, -0.05) is 0 Å². The topological polar surface area (TPSA) is 237 Å². The summed E-state index contributed by atoms with van der Waals surface area (Å²) in [5.41, 5.74) is 6.28. The molecule has 160 valence electrons. The predicted molar refractivity (Wildman–Crippen MR) is 94.1 cm³/mol. The molecule has 29 heavy (non-hydrogen) atoms. The van der Waals surface area contributed by atoms with Gasteiger partial charge in [0, 0.05) is 18.3 Å². The Kier molecular flexibility index (Phi) is 9.21. The average molecular weight is 414 g/mol. The van der Waals surface area contributed by atoms with Crippen LogP contribution in [0.2, 0.25) is 0 Å². The summed E-state index contributed by atoms with van der Waals surface area (Å²) in [4.78, 5) is 64.3. The van der Waals surface area contributed by atoms with Crippen LogP contribution in [-0.2, 0) is 30.4 Å². The molecule has 0 aliphatic rings. The summed E-state index contributed by atoms with van der Waals surface area (Å²) in [6.45, 7) is -1.63. The summed E-state index contributed by atoms with van der Waals surface area (Å²) in [7, 11) is 0. The number of H-pyrrole nitrogens is 1. The number of amides is 3. The third kappa shape index (κ3) is 8.35. The van der Waals surface area contributed by atoms with Crippen molar-refractivity contribution in [2.45, 2.75) is 31.0 Å². The summed E-state index contributed by atoms with van der Waals surface area (Å²) in [6.07, 6.45) is 2.05. The number of rotatable bonds is 12. The zero-order valence-electron chi connectivity index (χ0n) is 15.1. The first kappa shape index (κ1) is 23.5. The highest BCUT2D eigenvalue weighted by Gasteiger charge is 2.29. The molecular formula is C15H22N6O8. The van der Waals surface area contributed by atoms with Gasteiger partial charge in [-0.05, 0) is 0 Å². The van der Waals surface area contributed by atoms with Crippen LogP contribution >= 0.6 is 0 Å². The first-order chi connectivity index (χ1) is 13.6. The van der Waals surface area contributed by atoms with Gasteiger partial charge in [0.15, 0.2) is 0 Å². The number of aliphatic hydroxyl groups excluding tert-OH is 1. The van der Waals surface area contributed by atoms with Gasteiger partial charge in [0.2, 0.25) is 17.7 Å². The zero-order chi connectivity index (χ0) is 22.0. The fraction of sp³-hybridized carbons (Fsp3) is 0.467. The number of aliphatic hydroxyl groups is 1. The van der Waals surface area contributed by atoms with Crippen LogP contribution < -0.4 is 21.7 Å².